The molecule has 0 fully saturated rings. The second-order valence-corrected chi connectivity index (χ2v) is 3.95. The Morgan fingerprint density at radius 2 is 2.00 bits per heavy atom. The van der Waals surface area contributed by atoms with Crippen LogP contribution in [0.2, 0.25) is 0 Å². The molecule has 1 unspecified atom stereocenters. The van der Waals surface area contributed by atoms with Crippen LogP contribution in [-0.4, -0.2) is 6.54 Å². The predicted molar refractivity (Wildman–Crippen MR) is 62.3 cm³/mol. The summed E-state index contributed by atoms with van der Waals surface area (Å²) in [6, 6.07) is 6.95. The van der Waals surface area contributed by atoms with Crippen molar-refractivity contribution in [1.29, 1.82) is 0 Å². The van der Waals surface area contributed by atoms with Crippen LogP contribution in [0.3, 0.4) is 0 Å². The highest BCUT2D eigenvalue weighted by Crippen LogP contribution is 2.23. The third-order valence-electron chi connectivity index (χ3n) is 2.79. The normalized spacial score (nSPS) is 12.7. The van der Waals surface area contributed by atoms with Crippen molar-refractivity contribution in [2.75, 3.05) is 6.54 Å². The summed E-state index contributed by atoms with van der Waals surface area (Å²) >= 11 is 0. The molecule has 84 valence electrons. The van der Waals surface area contributed by atoms with Gasteiger partial charge in [0.15, 0.2) is 0 Å². The third-order valence-corrected chi connectivity index (χ3v) is 2.79. The molecule has 2 N–H and O–H groups in total. The molecule has 0 amide bonds. The largest absolute Gasteiger partial charge is 0.330 e. The van der Waals surface area contributed by atoms with E-state index < -0.39 is 0 Å². The Morgan fingerprint density at radius 3 is 2.60 bits per heavy atom. The van der Waals surface area contributed by atoms with E-state index in [-0.39, 0.29) is 11.7 Å². The Bertz CT molecular complexity index is 286. The Labute approximate surface area is 91.5 Å². The van der Waals surface area contributed by atoms with Gasteiger partial charge in [-0.2, -0.15) is 0 Å². The van der Waals surface area contributed by atoms with Crippen molar-refractivity contribution in [2.24, 2.45) is 5.73 Å². The lowest BCUT2D eigenvalue weighted by Gasteiger charge is -2.15. The van der Waals surface area contributed by atoms with Gasteiger partial charge in [-0.15, -0.1) is 0 Å². The fraction of sp³-hybridized carbons (Fsp3) is 0.538. The van der Waals surface area contributed by atoms with Gasteiger partial charge in [0.2, 0.25) is 0 Å². The zero-order valence-electron chi connectivity index (χ0n) is 9.38. The summed E-state index contributed by atoms with van der Waals surface area (Å²) in [5, 5.41) is 0. The fourth-order valence-corrected chi connectivity index (χ4v) is 1.85. The van der Waals surface area contributed by atoms with E-state index in [0.29, 0.717) is 6.54 Å². The van der Waals surface area contributed by atoms with Crippen molar-refractivity contribution < 1.29 is 4.39 Å². The quantitative estimate of drug-likeness (QED) is 0.713. The lowest BCUT2D eigenvalue weighted by Crippen LogP contribution is -2.13. The van der Waals surface area contributed by atoms with E-state index in [1.807, 2.05) is 12.1 Å². The minimum atomic E-state index is -0.121. The molecule has 0 heterocycles. The molecule has 0 aliphatic rings. The minimum absolute atomic E-state index is 0.121. The molecule has 1 nitrogen and oxygen atoms in total. The van der Waals surface area contributed by atoms with Crippen molar-refractivity contribution in [3.63, 3.8) is 0 Å². The molecular formula is C13H20FN. The molecule has 0 aromatic heterocycles. The monoisotopic (exact) mass is 209 g/mol. The maximum Gasteiger partial charge on any atom is 0.126 e. The second-order valence-electron chi connectivity index (χ2n) is 3.95. The molecule has 0 saturated carbocycles. The molecule has 1 atom stereocenters. The molecule has 15 heavy (non-hydrogen) atoms. The molecule has 0 saturated heterocycles. The van der Waals surface area contributed by atoms with E-state index in [9.17, 15) is 4.39 Å². The number of nitrogens with two attached hydrogens (primary N) is 1. The molecule has 1 rings (SSSR count). The first kappa shape index (κ1) is 12.2. The maximum absolute atomic E-state index is 13.5. The van der Waals surface area contributed by atoms with Crippen molar-refractivity contribution >= 4 is 0 Å². The summed E-state index contributed by atoms with van der Waals surface area (Å²) in [6.07, 6.45) is 4.51. The molecule has 0 radical (unpaired) electrons. The van der Waals surface area contributed by atoms with Crippen LogP contribution in [0.4, 0.5) is 4.39 Å². The minimum Gasteiger partial charge on any atom is -0.330 e. The Morgan fingerprint density at radius 1 is 1.27 bits per heavy atom. The van der Waals surface area contributed by atoms with Crippen LogP contribution in [-0.2, 0) is 0 Å². The van der Waals surface area contributed by atoms with Gasteiger partial charge >= 0.3 is 0 Å². The highest BCUT2D eigenvalue weighted by atomic mass is 19.1. The van der Waals surface area contributed by atoms with E-state index in [0.717, 1.165) is 18.4 Å². The summed E-state index contributed by atoms with van der Waals surface area (Å²) in [6.45, 7) is 2.70. The van der Waals surface area contributed by atoms with Crippen molar-refractivity contribution in [1.82, 2.24) is 0 Å². The van der Waals surface area contributed by atoms with Gasteiger partial charge in [0, 0.05) is 0 Å². The molecule has 0 aliphatic heterocycles. The first-order valence-electron chi connectivity index (χ1n) is 5.74. The smallest absolute Gasteiger partial charge is 0.126 e. The number of benzene rings is 1. The highest BCUT2D eigenvalue weighted by Gasteiger charge is 2.12. The van der Waals surface area contributed by atoms with Crippen LogP contribution in [0, 0.1) is 5.82 Å². The first-order chi connectivity index (χ1) is 7.29. The van der Waals surface area contributed by atoms with Gasteiger partial charge in [-0.3, -0.25) is 0 Å². The Balaban J connectivity index is 2.61. The van der Waals surface area contributed by atoms with E-state index in [2.05, 4.69) is 6.92 Å². The SMILES string of the molecule is CCCCCC(CN)c1ccccc1F. The van der Waals surface area contributed by atoms with Gasteiger partial charge in [0.05, 0.1) is 0 Å². The Kier molecular flexibility index (Phi) is 5.33. The summed E-state index contributed by atoms with van der Waals surface area (Å²) in [7, 11) is 0. The van der Waals surface area contributed by atoms with Gasteiger partial charge in [-0.05, 0) is 30.5 Å². The van der Waals surface area contributed by atoms with Crippen LogP contribution in [0.1, 0.15) is 44.1 Å². The molecular weight excluding hydrogens is 189 g/mol. The third kappa shape index (κ3) is 3.63. The average Bonchev–Trinajstić information content (AvgIpc) is 2.26. The van der Waals surface area contributed by atoms with Crippen LogP contribution in [0.5, 0.6) is 0 Å². The molecule has 0 spiro atoms. The van der Waals surface area contributed by atoms with Gasteiger partial charge in [0.25, 0.3) is 0 Å². The van der Waals surface area contributed by atoms with E-state index >= 15 is 0 Å². The second kappa shape index (κ2) is 6.57. The van der Waals surface area contributed by atoms with E-state index in [1.54, 1.807) is 6.07 Å². The lowest BCUT2D eigenvalue weighted by molar-refractivity contribution is 0.533. The number of halogens is 1. The van der Waals surface area contributed by atoms with Crippen LogP contribution in [0.25, 0.3) is 0 Å². The zero-order chi connectivity index (χ0) is 11.1. The van der Waals surface area contributed by atoms with Gasteiger partial charge in [-0.25, -0.2) is 4.39 Å². The zero-order valence-corrected chi connectivity index (χ0v) is 9.38. The number of rotatable bonds is 6. The van der Waals surface area contributed by atoms with Gasteiger partial charge < -0.3 is 5.73 Å². The predicted octanol–water partition coefficient (Wildman–Crippen LogP) is 3.45. The lowest BCUT2D eigenvalue weighted by atomic mass is 9.93. The molecule has 1 aromatic carbocycles. The van der Waals surface area contributed by atoms with E-state index in [4.69, 9.17) is 5.73 Å². The maximum atomic E-state index is 13.5. The standard InChI is InChI=1S/C13H20FN/c1-2-3-4-7-11(10-15)12-8-5-6-9-13(12)14/h5-6,8-9,11H,2-4,7,10,15H2,1H3. The average molecular weight is 209 g/mol. The first-order valence-corrected chi connectivity index (χ1v) is 5.74. The van der Waals surface area contributed by atoms with Crippen molar-refractivity contribution in [3.05, 3.63) is 35.6 Å². The molecule has 2 heteroatoms. The van der Waals surface area contributed by atoms with Crippen molar-refractivity contribution in [3.8, 4) is 0 Å². The van der Waals surface area contributed by atoms with Gasteiger partial charge in [0.1, 0.15) is 5.82 Å². The van der Waals surface area contributed by atoms with Crippen molar-refractivity contribution in [2.45, 2.75) is 38.5 Å². The topological polar surface area (TPSA) is 26.0 Å². The number of unbranched alkanes of at least 4 members (excludes halogenated alkanes) is 2. The Hall–Kier alpha value is -0.890. The summed E-state index contributed by atoms with van der Waals surface area (Å²) in [4.78, 5) is 0. The van der Waals surface area contributed by atoms with E-state index in [1.165, 1.54) is 18.9 Å². The van der Waals surface area contributed by atoms with Crippen LogP contribution < -0.4 is 5.73 Å². The highest BCUT2D eigenvalue weighted by molar-refractivity contribution is 5.21. The number of hydrogen-bond donors (Lipinski definition) is 1. The summed E-state index contributed by atoms with van der Waals surface area (Å²) < 4.78 is 13.5. The van der Waals surface area contributed by atoms with Gasteiger partial charge in [-0.1, -0.05) is 44.4 Å². The van der Waals surface area contributed by atoms with Crippen LogP contribution in [0.15, 0.2) is 24.3 Å². The summed E-state index contributed by atoms with van der Waals surface area (Å²) in [5.74, 6) is 0.0576. The summed E-state index contributed by atoms with van der Waals surface area (Å²) in [5.41, 5.74) is 6.46. The molecule has 0 bridgehead atoms. The number of hydrogen-bond acceptors (Lipinski definition) is 1. The fourth-order valence-electron chi connectivity index (χ4n) is 1.85. The molecule has 0 aliphatic carbocycles. The van der Waals surface area contributed by atoms with Crippen LogP contribution >= 0.6 is 0 Å². The molecule has 1 aromatic rings.